The smallest absolute Gasteiger partial charge is 0.0702 e. The Morgan fingerprint density at radius 3 is 2.29 bits per heavy atom. The molecule has 0 saturated carbocycles. The molecule has 2 heterocycles. The zero-order valence-corrected chi connectivity index (χ0v) is 9.30. The molecule has 1 aromatic carbocycles. The first-order valence-corrected chi connectivity index (χ1v) is 5.58. The second-order valence-corrected chi connectivity index (χ2v) is 3.90. The highest BCUT2D eigenvalue weighted by molar-refractivity contribution is 5.66. The average Bonchev–Trinajstić information content (AvgIpc) is 2.94. The summed E-state index contributed by atoms with van der Waals surface area (Å²) in [7, 11) is 0. The summed E-state index contributed by atoms with van der Waals surface area (Å²) in [5.41, 5.74) is 4.45. The van der Waals surface area contributed by atoms with E-state index in [1.807, 2.05) is 42.9 Å². The molecule has 2 nitrogen and oxygen atoms in total. The Bertz CT molecular complexity index is 581. The van der Waals surface area contributed by atoms with E-state index < -0.39 is 0 Å². The molecule has 0 spiro atoms. The molecule has 82 valence electrons. The summed E-state index contributed by atoms with van der Waals surface area (Å²) in [5.74, 6) is 0. The lowest BCUT2D eigenvalue weighted by Crippen LogP contribution is -1.83. The molecule has 0 aliphatic heterocycles. The second-order valence-electron chi connectivity index (χ2n) is 3.90. The van der Waals surface area contributed by atoms with Crippen LogP contribution in [-0.4, -0.2) is 9.97 Å². The standard InChI is InChI=1S/C15H12N2/c1-2-4-12(5-3-1)15-7-6-13(11-17-15)14-8-9-16-10-14/h1-11,16H. The van der Waals surface area contributed by atoms with Crippen LogP contribution in [0.3, 0.4) is 0 Å². The lowest BCUT2D eigenvalue weighted by Gasteiger charge is -2.02. The highest BCUT2D eigenvalue weighted by Crippen LogP contribution is 2.21. The van der Waals surface area contributed by atoms with Gasteiger partial charge in [0.05, 0.1) is 5.69 Å². The summed E-state index contributed by atoms with van der Waals surface area (Å²) < 4.78 is 0. The average molecular weight is 220 g/mol. The maximum Gasteiger partial charge on any atom is 0.0702 e. The van der Waals surface area contributed by atoms with E-state index in [0.29, 0.717) is 0 Å². The van der Waals surface area contributed by atoms with Crippen molar-refractivity contribution in [3.05, 3.63) is 67.1 Å². The molecule has 3 aromatic rings. The van der Waals surface area contributed by atoms with Crippen LogP contribution in [0.2, 0.25) is 0 Å². The molecule has 2 aromatic heterocycles. The van der Waals surface area contributed by atoms with Crippen molar-refractivity contribution in [2.75, 3.05) is 0 Å². The number of hydrogen-bond acceptors (Lipinski definition) is 1. The summed E-state index contributed by atoms with van der Waals surface area (Å²) >= 11 is 0. The van der Waals surface area contributed by atoms with Crippen LogP contribution in [-0.2, 0) is 0 Å². The van der Waals surface area contributed by atoms with E-state index in [4.69, 9.17) is 0 Å². The highest BCUT2D eigenvalue weighted by Gasteiger charge is 2.00. The molecule has 0 atom stereocenters. The van der Waals surface area contributed by atoms with Crippen molar-refractivity contribution in [3.8, 4) is 22.4 Å². The van der Waals surface area contributed by atoms with E-state index in [0.717, 1.165) is 22.4 Å². The van der Waals surface area contributed by atoms with Crippen LogP contribution >= 0.6 is 0 Å². The van der Waals surface area contributed by atoms with Crippen LogP contribution in [0.5, 0.6) is 0 Å². The van der Waals surface area contributed by atoms with Crippen LogP contribution in [0.15, 0.2) is 67.1 Å². The molecule has 0 aliphatic carbocycles. The molecule has 2 heteroatoms. The van der Waals surface area contributed by atoms with Crippen molar-refractivity contribution in [2.45, 2.75) is 0 Å². The molecule has 0 amide bonds. The molecule has 0 radical (unpaired) electrons. The predicted octanol–water partition coefficient (Wildman–Crippen LogP) is 3.74. The second kappa shape index (κ2) is 4.26. The van der Waals surface area contributed by atoms with Gasteiger partial charge in [0.25, 0.3) is 0 Å². The number of pyridine rings is 1. The number of H-pyrrole nitrogens is 1. The number of aromatic nitrogens is 2. The summed E-state index contributed by atoms with van der Waals surface area (Å²) in [6.07, 6.45) is 5.80. The van der Waals surface area contributed by atoms with Gasteiger partial charge >= 0.3 is 0 Å². The maximum atomic E-state index is 4.49. The monoisotopic (exact) mass is 220 g/mol. The van der Waals surface area contributed by atoms with Gasteiger partial charge in [0.15, 0.2) is 0 Å². The summed E-state index contributed by atoms with van der Waals surface area (Å²) in [6.45, 7) is 0. The minimum Gasteiger partial charge on any atom is -0.367 e. The van der Waals surface area contributed by atoms with E-state index >= 15 is 0 Å². The Morgan fingerprint density at radius 1 is 0.765 bits per heavy atom. The molecule has 3 rings (SSSR count). The first-order chi connectivity index (χ1) is 8.43. The molecule has 1 N–H and O–H groups in total. The zero-order valence-electron chi connectivity index (χ0n) is 9.30. The number of rotatable bonds is 2. The van der Waals surface area contributed by atoms with Gasteiger partial charge in [-0.3, -0.25) is 4.98 Å². The molecule has 0 bridgehead atoms. The quantitative estimate of drug-likeness (QED) is 0.700. The van der Waals surface area contributed by atoms with Gasteiger partial charge < -0.3 is 4.98 Å². The number of nitrogens with zero attached hydrogens (tertiary/aromatic N) is 1. The normalized spacial score (nSPS) is 10.4. The van der Waals surface area contributed by atoms with E-state index in [9.17, 15) is 0 Å². The van der Waals surface area contributed by atoms with Gasteiger partial charge in [-0.2, -0.15) is 0 Å². The van der Waals surface area contributed by atoms with Gasteiger partial charge in [-0.1, -0.05) is 36.4 Å². The van der Waals surface area contributed by atoms with Crippen LogP contribution < -0.4 is 0 Å². The van der Waals surface area contributed by atoms with Gasteiger partial charge in [-0.15, -0.1) is 0 Å². The first kappa shape index (κ1) is 9.85. The zero-order chi connectivity index (χ0) is 11.5. The van der Waals surface area contributed by atoms with Gasteiger partial charge in [-0.05, 0) is 12.1 Å². The number of nitrogens with one attached hydrogen (secondary N) is 1. The molecular weight excluding hydrogens is 208 g/mol. The third-order valence-electron chi connectivity index (χ3n) is 2.76. The summed E-state index contributed by atoms with van der Waals surface area (Å²) in [4.78, 5) is 7.54. The fourth-order valence-corrected chi connectivity index (χ4v) is 1.85. The first-order valence-electron chi connectivity index (χ1n) is 5.58. The van der Waals surface area contributed by atoms with Crippen molar-refractivity contribution in [2.24, 2.45) is 0 Å². The number of aromatic amines is 1. The Kier molecular flexibility index (Phi) is 2.47. The predicted molar refractivity (Wildman–Crippen MR) is 69.5 cm³/mol. The van der Waals surface area contributed by atoms with Crippen LogP contribution in [0, 0.1) is 0 Å². The Morgan fingerprint density at radius 2 is 1.65 bits per heavy atom. The Labute approximate surface area is 100.0 Å². The van der Waals surface area contributed by atoms with Crippen LogP contribution in [0.4, 0.5) is 0 Å². The lowest BCUT2D eigenvalue weighted by atomic mass is 10.1. The number of hydrogen-bond donors (Lipinski definition) is 1. The fourth-order valence-electron chi connectivity index (χ4n) is 1.85. The minimum atomic E-state index is 1.00. The van der Waals surface area contributed by atoms with Gasteiger partial charge in [-0.25, -0.2) is 0 Å². The third kappa shape index (κ3) is 1.97. The lowest BCUT2D eigenvalue weighted by molar-refractivity contribution is 1.32. The van der Waals surface area contributed by atoms with Crippen LogP contribution in [0.1, 0.15) is 0 Å². The van der Waals surface area contributed by atoms with Crippen LogP contribution in [0.25, 0.3) is 22.4 Å². The summed E-state index contributed by atoms with van der Waals surface area (Å²) in [5, 5.41) is 0. The molecule has 0 aliphatic rings. The Hall–Kier alpha value is -2.35. The SMILES string of the molecule is c1ccc(-c2ccc(-c3cc[nH]c3)cn2)cc1. The maximum absolute atomic E-state index is 4.49. The fraction of sp³-hybridized carbons (Fsp3) is 0. The minimum absolute atomic E-state index is 1.00. The molecular formula is C15H12N2. The van der Waals surface area contributed by atoms with Crippen molar-refractivity contribution in [3.63, 3.8) is 0 Å². The number of benzene rings is 1. The molecule has 0 fully saturated rings. The van der Waals surface area contributed by atoms with Crippen molar-refractivity contribution in [1.82, 2.24) is 9.97 Å². The van der Waals surface area contributed by atoms with E-state index in [2.05, 4.69) is 34.2 Å². The van der Waals surface area contributed by atoms with E-state index in [1.54, 1.807) is 0 Å². The van der Waals surface area contributed by atoms with E-state index in [-0.39, 0.29) is 0 Å². The van der Waals surface area contributed by atoms with Crippen molar-refractivity contribution < 1.29 is 0 Å². The van der Waals surface area contributed by atoms with Crippen molar-refractivity contribution in [1.29, 1.82) is 0 Å². The molecule has 0 unspecified atom stereocenters. The summed E-state index contributed by atoms with van der Waals surface area (Å²) in [6, 6.07) is 16.4. The largest absolute Gasteiger partial charge is 0.367 e. The van der Waals surface area contributed by atoms with Crippen molar-refractivity contribution >= 4 is 0 Å². The topological polar surface area (TPSA) is 28.7 Å². The molecule has 0 saturated heterocycles. The Balaban J connectivity index is 1.96. The third-order valence-corrected chi connectivity index (χ3v) is 2.76. The highest BCUT2D eigenvalue weighted by atomic mass is 14.7. The van der Waals surface area contributed by atoms with E-state index in [1.165, 1.54) is 0 Å². The van der Waals surface area contributed by atoms with Gasteiger partial charge in [0.2, 0.25) is 0 Å². The van der Waals surface area contributed by atoms with Gasteiger partial charge in [0, 0.05) is 35.3 Å². The molecule has 17 heavy (non-hydrogen) atoms. The van der Waals surface area contributed by atoms with Gasteiger partial charge in [0.1, 0.15) is 0 Å².